The quantitative estimate of drug-likeness (QED) is 0.476. The van der Waals surface area contributed by atoms with Crippen LogP contribution in [0.3, 0.4) is 0 Å². The van der Waals surface area contributed by atoms with Crippen molar-refractivity contribution in [1.29, 1.82) is 0 Å². The average molecular weight is 369 g/mol. The summed E-state index contributed by atoms with van der Waals surface area (Å²) < 4.78 is 0. The van der Waals surface area contributed by atoms with Crippen molar-refractivity contribution in [2.75, 3.05) is 5.32 Å². The summed E-state index contributed by atoms with van der Waals surface area (Å²) in [4.78, 5) is 8.77. The average Bonchev–Trinajstić information content (AvgIpc) is 2.74. The van der Waals surface area contributed by atoms with Crippen molar-refractivity contribution in [2.45, 2.75) is 25.8 Å². The van der Waals surface area contributed by atoms with E-state index in [1.165, 1.54) is 5.56 Å². The molecule has 0 aliphatic heterocycles. The fourth-order valence-corrected chi connectivity index (χ4v) is 3.39. The van der Waals surface area contributed by atoms with Crippen molar-refractivity contribution in [1.82, 2.24) is 9.97 Å². The number of phenols is 1. The van der Waals surface area contributed by atoms with Crippen LogP contribution in [-0.2, 0) is 0 Å². The number of phenolic OH excluding ortho intramolecular Hbond substituents is 1. The predicted octanol–water partition coefficient (Wildman–Crippen LogP) is 5.66. The SMILES string of the molecule is CC(C)c1ccc([C@H](Nc2ccccn2)c2ccc3cccnc3c2O)cc1. The Hall–Kier alpha value is -3.40. The molecule has 0 aliphatic carbocycles. The Kier molecular flexibility index (Phi) is 4.94. The summed E-state index contributed by atoms with van der Waals surface area (Å²) in [6.07, 6.45) is 3.45. The number of nitrogens with zero attached hydrogens (tertiary/aromatic N) is 2. The predicted molar refractivity (Wildman–Crippen MR) is 114 cm³/mol. The molecule has 0 spiro atoms. The van der Waals surface area contributed by atoms with E-state index in [1.54, 1.807) is 12.4 Å². The third-order valence-electron chi connectivity index (χ3n) is 4.98. The minimum Gasteiger partial charge on any atom is -0.505 e. The first kappa shape index (κ1) is 18.0. The number of rotatable bonds is 5. The second kappa shape index (κ2) is 7.69. The van der Waals surface area contributed by atoms with Gasteiger partial charge in [-0.1, -0.05) is 62.4 Å². The van der Waals surface area contributed by atoms with Gasteiger partial charge in [-0.25, -0.2) is 4.98 Å². The van der Waals surface area contributed by atoms with Gasteiger partial charge in [-0.05, 0) is 35.2 Å². The summed E-state index contributed by atoms with van der Waals surface area (Å²) in [5.74, 6) is 1.41. The highest BCUT2D eigenvalue weighted by Gasteiger charge is 2.20. The van der Waals surface area contributed by atoms with Crippen molar-refractivity contribution in [3.8, 4) is 5.75 Å². The molecular formula is C24H23N3O. The van der Waals surface area contributed by atoms with Gasteiger partial charge in [-0.2, -0.15) is 0 Å². The van der Waals surface area contributed by atoms with Gasteiger partial charge in [0.15, 0.2) is 0 Å². The number of fused-ring (bicyclic) bond motifs is 1. The van der Waals surface area contributed by atoms with E-state index in [2.05, 4.69) is 53.4 Å². The molecule has 2 N–H and O–H groups in total. The zero-order valence-corrected chi connectivity index (χ0v) is 16.0. The summed E-state index contributed by atoms with van der Waals surface area (Å²) in [6.45, 7) is 4.36. The van der Waals surface area contributed by atoms with E-state index in [0.29, 0.717) is 11.4 Å². The van der Waals surface area contributed by atoms with Gasteiger partial charge in [0.1, 0.15) is 17.1 Å². The first-order valence-electron chi connectivity index (χ1n) is 9.47. The van der Waals surface area contributed by atoms with Crippen molar-refractivity contribution < 1.29 is 5.11 Å². The Morgan fingerprint density at radius 3 is 2.25 bits per heavy atom. The van der Waals surface area contributed by atoms with Gasteiger partial charge < -0.3 is 10.4 Å². The lowest BCUT2D eigenvalue weighted by molar-refractivity contribution is 0.471. The van der Waals surface area contributed by atoms with E-state index in [4.69, 9.17) is 0 Å². The van der Waals surface area contributed by atoms with E-state index < -0.39 is 0 Å². The smallest absolute Gasteiger partial charge is 0.147 e. The Bertz CT molecular complexity index is 1080. The second-order valence-corrected chi connectivity index (χ2v) is 7.19. The molecule has 0 fully saturated rings. The molecule has 0 unspecified atom stereocenters. The van der Waals surface area contributed by atoms with Crippen LogP contribution in [0.4, 0.5) is 5.82 Å². The van der Waals surface area contributed by atoms with Crippen LogP contribution >= 0.6 is 0 Å². The number of anilines is 1. The molecular weight excluding hydrogens is 346 g/mol. The number of hydrogen-bond acceptors (Lipinski definition) is 4. The molecule has 0 saturated heterocycles. The number of hydrogen-bond donors (Lipinski definition) is 2. The van der Waals surface area contributed by atoms with Crippen LogP contribution in [0.25, 0.3) is 10.9 Å². The van der Waals surface area contributed by atoms with Gasteiger partial charge in [-0.3, -0.25) is 4.98 Å². The first-order valence-corrected chi connectivity index (χ1v) is 9.47. The maximum Gasteiger partial charge on any atom is 0.147 e. The van der Waals surface area contributed by atoms with Crippen molar-refractivity contribution in [3.05, 3.63) is 95.8 Å². The van der Waals surface area contributed by atoms with Crippen LogP contribution in [-0.4, -0.2) is 15.1 Å². The highest BCUT2D eigenvalue weighted by Crippen LogP contribution is 2.36. The number of aromatic hydroxyl groups is 1. The van der Waals surface area contributed by atoms with Crippen molar-refractivity contribution in [3.63, 3.8) is 0 Å². The molecule has 140 valence electrons. The van der Waals surface area contributed by atoms with Gasteiger partial charge in [0, 0.05) is 23.3 Å². The lowest BCUT2D eigenvalue weighted by Crippen LogP contribution is -2.14. The number of aromatic nitrogens is 2. The van der Waals surface area contributed by atoms with E-state index in [-0.39, 0.29) is 11.8 Å². The standard InChI is InChI=1S/C24H23N3O/c1-16(2)17-8-10-19(11-9-17)22(27-21-7-3-4-14-25-21)20-13-12-18-6-5-15-26-23(18)24(20)28/h3-16,22,28H,1-2H3,(H,25,27)/t22-/m0/s1. The van der Waals surface area contributed by atoms with Crippen LogP contribution in [0.2, 0.25) is 0 Å². The molecule has 0 bridgehead atoms. The Balaban J connectivity index is 1.82. The van der Waals surface area contributed by atoms with Crippen LogP contribution < -0.4 is 5.32 Å². The van der Waals surface area contributed by atoms with E-state index >= 15 is 0 Å². The monoisotopic (exact) mass is 369 g/mol. The van der Waals surface area contributed by atoms with Crippen LogP contribution in [0.5, 0.6) is 5.75 Å². The lowest BCUT2D eigenvalue weighted by Gasteiger charge is -2.22. The molecule has 28 heavy (non-hydrogen) atoms. The van der Waals surface area contributed by atoms with Crippen molar-refractivity contribution >= 4 is 16.7 Å². The minimum absolute atomic E-state index is 0.194. The number of pyridine rings is 2. The Morgan fingerprint density at radius 2 is 1.54 bits per heavy atom. The van der Waals surface area contributed by atoms with Gasteiger partial charge in [-0.15, -0.1) is 0 Å². The van der Waals surface area contributed by atoms with Gasteiger partial charge >= 0.3 is 0 Å². The maximum absolute atomic E-state index is 11.0. The molecule has 4 nitrogen and oxygen atoms in total. The third kappa shape index (κ3) is 3.54. The summed E-state index contributed by atoms with van der Waals surface area (Å²) >= 11 is 0. The molecule has 2 heterocycles. The molecule has 0 amide bonds. The van der Waals surface area contributed by atoms with Crippen LogP contribution in [0.15, 0.2) is 79.1 Å². The lowest BCUT2D eigenvalue weighted by atomic mass is 9.94. The molecule has 2 aromatic heterocycles. The van der Waals surface area contributed by atoms with Crippen LogP contribution in [0, 0.1) is 0 Å². The molecule has 0 aliphatic rings. The van der Waals surface area contributed by atoms with E-state index in [9.17, 15) is 5.11 Å². The number of benzene rings is 2. The summed E-state index contributed by atoms with van der Waals surface area (Å²) in [6, 6.07) is 21.8. The first-order chi connectivity index (χ1) is 13.6. The topological polar surface area (TPSA) is 58.0 Å². The molecule has 4 aromatic rings. The zero-order valence-electron chi connectivity index (χ0n) is 16.0. The molecule has 0 saturated carbocycles. The minimum atomic E-state index is -0.248. The molecule has 4 heteroatoms. The molecule has 0 radical (unpaired) electrons. The molecule has 1 atom stereocenters. The maximum atomic E-state index is 11.0. The summed E-state index contributed by atoms with van der Waals surface area (Å²) in [5, 5.41) is 15.4. The Labute approximate surface area is 164 Å². The van der Waals surface area contributed by atoms with Gasteiger partial charge in [0.25, 0.3) is 0 Å². The van der Waals surface area contributed by atoms with Crippen LogP contribution in [0.1, 0.15) is 42.5 Å². The van der Waals surface area contributed by atoms with E-state index in [1.807, 2.05) is 42.5 Å². The fraction of sp³-hybridized carbons (Fsp3) is 0.167. The zero-order chi connectivity index (χ0) is 19.5. The number of nitrogens with one attached hydrogen (secondary N) is 1. The largest absolute Gasteiger partial charge is 0.505 e. The Morgan fingerprint density at radius 1 is 0.786 bits per heavy atom. The summed E-state index contributed by atoms with van der Waals surface area (Å²) in [7, 11) is 0. The normalized spacial score (nSPS) is 12.2. The molecule has 4 rings (SSSR count). The fourth-order valence-electron chi connectivity index (χ4n) is 3.39. The van der Waals surface area contributed by atoms with E-state index in [0.717, 1.165) is 22.3 Å². The highest BCUT2D eigenvalue weighted by molar-refractivity contribution is 5.86. The van der Waals surface area contributed by atoms with Gasteiger partial charge in [0.05, 0.1) is 6.04 Å². The van der Waals surface area contributed by atoms with Gasteiger partial charge in [0.2, 0.25) is 0 Å². The third-order valence-corrected chi connectivity index (χ3v) is 4.98. The molecule has 2 aromatic carbocycles. The van der Waals surface area contributed by atoms with Crippen molar-refractivity contribution in [2.24, 2.45) is 0 Å². The summed E-state index contributed by atoms with van der Waals surface area (Å²) in [5.41, 5.74) is 3.71. The highest BCUT2D eigenvalue weighted by atomic mass is 16.3. The second-order valence-electron chi connectivity index (χ2n) is 7.19.